The van der Waals surface area contributed by atoms with Crippen molar-refractivity contribution in [1.29, 1.82) is 0 Å². The van der Waals surface area contributed by atoms with Crippen molar-refractivity contribution in [3.05, 3.63) is 0 Å². The van der Waals surface area contributed by atoms with Crippen molar-refractivity contribution >= 4 is 36.5 Å². The Morgan fingerprint density at radius 2 is 1.91 bits per heavy atom. The fourth-order valence-electron chi connectivity index (χ4n) is 3.05. The molecule has 128 valence electrons. The molecule has 2 aliphatic rings. The third-order valence-electron chi connectivity index (χ3n) is 3.97. The molecule has 2 aliphatic heterocycles. The van der Waals surface area contributed by atoms with E-state index in [9.17, 15) is 14.2 Å². The maximum atomic E-state index is 12.6. The molecule has 0 bridgehead atoms. The van der Waals surface area contributed by atoms with Gasteiger partial charge in [0.25, 0.3) is 0 Å². The van der Waals surface area contributed by atoms with Crippen LogP contribution in [0.5, 0.6) is 0 Å². The Hall–Kier alpha value is -0.470. The number of nitrogens with zero attached hydrogens (tertiary/aromatic N) is 2. The van der Waals surface area contributed by atoms with Crippen LogP contribution in [0.25, 0.3) is 0 Å². The van der Waals surface area contributed by atoms with E-state index in [0.717, 1.165) is 6.42 Å². The molecule has 10 heteroatoms. The molecule has 0 aromatic heterocycles. The number of esters is 1. The molecule has 1 amide bonds. The van der Waals surface area contributed by atoms with Crippen molar-refractivity contribution in [2.75, 3.05) is 26.4 Å². The molecule has 0 aromatic carbocycles. The summed E-state index contributed by atoms with van der Waals surface area (Å²) >= 11 is 0. The summed E-state index contributed by atoms with van der Waals surface area (Å²) in [5.74, 6) is -1.61. The summed E-state index contributed by atoms with van der Waals surface area (Å²) < 4.78 is 16.0. The minimum atomic E-state index is -4.27. The SMILES string of the molecule is Br.COC(=O)[C@@H]1CCCN2CCC[C@H](CP(=O)(O)O)C(=O)N12. The Morgan fingerprint density at radius 3 is 2.45 bits per heavy atom. The van der Waals surface area contributed by atoms with Crippen LogP contribution in [0.4, 0.5) is 0 Å². The first-order valence-electron chi connectivity index (χ1n) is 7.04. The summed E-state index contributed by atoms with van der Waals surface area (Å²) in [6, 6.07) is -0.686. The zero-order chi connectivity index (χ0) is 15.6. The first kappa shape index (κ1) is 19.6. The van der Waals surface area contributed by atoms with Crippen molar-refractivity contribution in [3.63, 3.8) is 0 Å². The maximum Gasteiger partial charge on any atom is 0.330 e. The summed E-state index contributed by atoms with van der Waals surface area (Å²) in [4.78, 5) is 42.8. The topological polar surface area (TPSA) is 107 Å². The van der Waals surface area contributed by atoms with Crippen molar-refractivity contribution in [1.82, 2.24) is 10.0 Å². The molecular weight excluding hydrogens is 379 g/mol. The van der Waals surface area contributed by atoms with E-state index >= 15 is 0 Å². The van der Waals surface area contributed by atoms with Gasteiger partial charge in [-0.3, -0.25) is 14.4 Å². The van der Waals surface area contributed by atoms with Crippen LogP contribution in [0, 0.1) is 5.92 Å². The highest BCUT2D eigenvalue weighted by Gasteiger charge is 2.43. The lowest BCUT2D eigenvalue weighted by Crippen LogP contribution is -2.59. The predicted octanol–water partition coefficient (Wildman–Crippen LogP) is 0.533. The van der Waals surface area contributed by atoms with Crippen LogP contribution in [0.2, 0.25) is 0 Å². The monoisotopic (exact) mass is 400 g/mol. The number of carbonyl (C=O) groups is 2. The van der Waals surface area contributed by atoms with Crippen molar-refractivity contribution in [3.8, 4) is 0 Å². The molecule has 0 spiro atoms. The van der Waals surface area contributed by atoms with Crippen molar-refractivity contribution in [2.24, 2.45) is 5.92 Å². The van der Waals surface area contributed by atoms with Gasteiger partial charge in [-0.05, 0) is 25.7 Å². The number of halogens is 1. The Morgan fingerprint density at radius 1 is 1.32 bits per heavy atom. The highest BCUT2D eigenvalue weighted by atomic mass is 79.9. The number of hydrazine groups is 1. The second-order valence-corrected chi connectivity index (χ2v) is 7.20. The van der Waals surface area contributed by atoms with Gasteiger partial charge in [0.05, 0.1) is 19.2 Å². The Balaban J connectivity index is 0.00000242. The predicted molar refractivity (Wildman–Crippen MR) is 83.4 cm³/mol. The molecule has 2 atom stereocenters. The second kappa shape index (κ2) is 7.88. The van der Waals surface area contributed by atoms with Crippen molar-refractivity contribution in [2.45, 2.75) is 31.7 Å². The first-order valence-corrected chi connectivity index (χ1v) is 8.83. The van der Waals surface area contributed by atoms with Crippen LogP contribution in [-0.4, -0.2) is 64.1 Å². The number of methoxy groups -OCH3 is 1. The fraction of sp³-hybridized carbons (Fsp3) is 0.833. The van der Waals surface area contributed by atoms with E-state index in [-0.39, 0.29) is 22.9 Å². The number of carbonyl (C=O) groups excluding carboxylic acids is 2. The van der Waals surface area contributed by atoms with E-state index in [2.05, 4.69) is 0 Å². The van der Waals surface area contributed by atoms with E-state index in [0.29, 0.717) is 32.4 Å². The molecule has 2 heterocycles. The molecule has 0 aromatic rings. The number of hydrogen-bond acceptors (Lipinski definition) is 5. The zero-order valence-corrected chi connectivity index (χ0v) is 15.0. The van der Waals surface area contributed by atoms with E-state index < -0.39 is 31.7 Å². The third kappa shape index (κ3) is 4.52. The molecule has 2 rings (SSSR count). The number of rotatable bonds is 3. The standard InChI is InChI=1S/C12H21N2O6P.BrH/c1-20-12(16)10-5-3-7-13-6-2-4-9(8-21(17,18)19)11(15)14(10)13;/h9-10H,2-8H2,1H3,(H2,17,18,19);1H/t9-,10+;/m1./s1. The van der Waals surface area contributed by atoms with Gasteiger partial charge in [-0.15, -0.1) is 17.0 Å². The van der Waals surface area contributed by atoms with Crippen LogP contribution in [0.1, 0.15) is 25.7 Å². The zero-order valence-electron chi connectivity index (χ0n) is 12.4. The Labute approximate surface area is 139 Å². The number of hydrogen-bond donors (Lipinski definition) is 2. The molecule has 8 nitrogen and oxygen atoms in total. The second-order valence-electron chi connectivity index (χ2n) is 5.50. The van der Waals surface area contributed by atoms with Crippen molar-refractivity contribution < 1.29 is 28.7 Å². The van der Waals surface area contributed by atoms with Gasteiger partial charge in [-0.25, -0.2) is 9.80 Å². The van der Waals surface area contributed by atoms with Crippen LogP contribution in [0.3, 0.4) is 0 Å². The van der Waals surface area contributed by atoms with Gasteiger partial charge >= 0.3 is 13.6 Å². The molecular formula is C12H22BrN2O6P. The van der Waals surface area contributed by atoms with Crippen LogP contribution in [-0.2, 0) is 18.9 Å². The summed E-state index contributed by atoms with van der Waals surface area (Å²) in [7, 11) is -3.00. The lowest BCUT2D eigenvalue weighted by molar-refractivity contribution is -0.176. The largest absolute Gasteiger partial charge is 0.467 e. The highest BCUT2D eigenvalue weighted by Crippen LogP contribution is 2.40. The van der Waals surface area contributed by atoms with E-state index in [4.69, 9.17) is 14.5 Å². The smallest absolute Gasteiger partial charge is 0.330 e. The van der Waals surface area contributed by atoms with Gasteiger partial charge < -0.3 is 14.5 Å². The number of ether oxygens (including phenoxy) is 1. The average Bonchev–Trinajstić information content (AvgIpc) is 2.57. The summed E-state index contributed by atoms with van der Waals surface area (Å²) in [6.07, 6.45) is 1.92. The molecule has 2 N–H and O–H groups in total. The lowest BCUT2D eigenvalue weighted by atomic mass is 10.0. The summed E-state index contributed by atoms with van der Waals surface area (Å²) in [5.41, 5.74) is 0. The molecule has 0 saturated carbocycles. The van der Waals surface area contributed by atoms with Gasteiger partial charge in [0.15, 0.2) is 0 Å². The molecule has 0 unspecified atom stereocenters. The minimum Gasteiger partial charge on any atom is -0.467 e. The van der Waals surface area contributed by atoms with Crippen LogP contribution >= 0.6 is 24.6 Å². The Kier molecular flexibility index (Phi) is 7.01. The van der Waals surface area contributed by atoms with E-state index in [1.165, 1.54) is 12.1 Å². The van der Waals surface area contributed by atoms with Crippen LogP contribution < -0.4 is 0 Å². The summed E-state index contributed by atoms with van der Waals surface area (Å²) in [5, 5.41) is 3.19. The average molecular weight is 401 g/mol. The maximum absolute atomic E-state index is 12.6. The number of fused-ring (bicyclic) bond motifs is 1. The van der Waals surface area contributed by atoms with Gasteiger partial charge in [0.2, 0.25) is 5.91 Å². The third-order valence-corrected chi connectivity index (χ3v) is 4.89. The highest BCUT2D eigenvalue weighted by molar-refractivity contribution is 8.93. The van der Waals surface area contributed by atoms with E-state index in [1.807, 2.05) is 5.01 Å². The van der Waals surface area contributed by atoms with E-state index in [1.54, 1.807) is 0 Å². The fourth-order valence-corrected chi connectivity index (χ4v) is 3.96. The molecule has 22 heavy (non-hydrogen) atoms. The van der Waals surface area contributed by atoms with Gasteiger partial charge in [0, 0.05) is 13.1 Å². The summed E-state index contributed by atoms with van der Waals surface area (Å²) in [6.45, 7) is 1.28. The molecule has 2 fully saturated rings. The number of amides is 1. The molecule has 0 aliphatic carbocycles. The van der Waals surface area contributed by atoms with Gasteiger partial charge in [-0.2, -0.15) is 0 Å². The quantitative estimate of drug-likeness (QED) is 0.525. The minimum absolute atomic E-state index is 0. The normalized spacial score (nSPS) is 26.7. The van der Waals surface area contributed by atoms with Gasteiger partial charge in [-0.1, -0.05) is 0 Å². The Bertz CT molecular complexity index is 471. The lowest BCUT2D eigenvalue weighted by Gasteiger charge is -2.42. The van der Waals surface area contributed by atoms with Gasteiger partial charge in [0.1, 0.15) is 6.04 Å². The molecule has 2 saturated heterocycles. The van der Waals surface area contributed by atoms with Crippen LogP contribution in [0.15, 0.2) is 0 Å². The first-order chi connectivity index (χ1) is 9.83. The molecule has 0 radical (unpaired) electrons.